The van der Waals surface area contributed by atoms with Gasteiger partial charge < -0.3 is 29.1 Å². The Kier molecular flexibility index (Phi) is 9.61. The summed E-state index contributed by atoms with van der Waals surface area (Å²) in [6.45, 7) is -0.294. The summed E-state index contributed by atoms with van der Waals surface area (Å²) in [7, 11) is 0. The van der Waals surface area contributed by atoms with E-state index in [1.165, 1.54) is 122 Å². The minimum Gasteiger partial charge on any atom is -0.312 e. The van der Waals surface area contributed by atoms with Crippen LogP contribution in [0.3, 0.4) is 0 Å². The quantitative estimate of drug-likeness (QED) is 0.148. The zero-order chi connectivity index (χ0) is 56.6. The van der Waals surface area contributed by atoms with Crippen LogP contribution in [0.2, 0.25) is 0 Å². The lowest BCUT2D eigenvalue weighted by Gasteiger charge is -2.52. The van der Waals surface area contributed by atoms with Crippen molar-refractivity contribution >= 4 is 176 Å². The average molecular weight is 1100 g/mol. The first-order valence-corrected chi connectivity index (χ1v) is 30.4. The van der Waals surface area contributed by atoms with Crippen molar-refractivity contribution in [1.82, 2.24) is 4.57 Å². The Hall–Kier alpha value is -11.1. The molecule has 14 aromatic rings. The van der Waals surface area contributed by atoms with Crippen molar-refractivity contribution in [2.24, 2.45) is 0 Å². The second-order valence-corrected chi connectivity index (χ2v) is 23.9. The average Bonchev–Trinajstić information content (AvgIpc) is 1.30. The highest BCUT2D eigenvalue weighted by Gasteiger charge is 2.55. The largest absolute Gasteiger partial charge is 0.312 e. The minimum absolute atomic E-state index is 0.0669. The van der Waals surface area contributed by atoms with Gasteiger partial charge in [0.05, 0.1) is 16.9 Å². The van der Waals surface area contributed by atoms with Gasteiger partial charge in [0.2, 0.25) is 0 Å². The summed E-state index contributed by atoms with van der Waals surface area (Å²) < 4.78 is 2.61. The first kappa shape index (κ1) is 47.2. The Morgan fingerprint density at radius 2 is 0.609 bits per heavy atom. The first-order chi connectivity index (χ1) is 43.2. The third kappa shape index (κ3) is 6.31. The lowest BCUT2D eigenvalue weighted by atomic mass is 9.26. The van der Waals surface area contributed by atoms with Gasteiger partial charge in [-0.3, -0.25) is 0 Å². The summed E-state index contributed by atoms with van der Waals surface area (Å²) in [6.07, 6.45) is 0. The molecule has 20 rings (SSSR count). The molecule has 1 aromatic heterocycles. The fraction of sp³-hybridized carbons (Fsp3) is 0. The molecule has 0 unspecified atom stereocenters. The molecule has 0 fully saturated rings. The van der Waals surface area contributed by atoms with Crippen molar-refractivity contribution < 1.29 is 0 Å². The first-order valence-electron chi connectivity index (χ1n) is 30.4. The van der Waals surface area contributed by atoms with Crippen LogP contribution in [0.4, 0.5) is 85.3 Å². The van der Waals surface area contributed by atoms with Crippen LogP contribution >= 0.6 is 0 Å². The SMILES string of the molecule is c1ccc(N(c2ccccc2)c2cc3c4c(c2)N2c5ccccc5B5c6ccccc6N6c7cc(N(c8ccccc8)c8ccccc8)cc8c7B(c7cc(c2c5c76)B4c2ccccc2N3c2ccccc2)c2cccc3c4ccccc4n-8c23)cc1. The van der Waals surface area contributed by atoms with Crippen molar-refractivity contribution in [2.45, 2.75) is 0 Å². The molecule has 0 saturated heterocycles. The Bertz CT molecular complexity index is 5150. The predicted octanol–water partition coefficient (Wildman–Crippen LogP) is 13.6. The molecular weight excluding hydrogens is 1050 g/mol. The van der Waals surface area contributed by atoms with Gasteiger partial charge in [0.15, 0.2) is 0 Å². The van der Waals surface area contributed by atoms with Gasteiger partial charge in [0.1, 0.15) is 0 Å². The maximum Gasteiger partial charge on any atom is 0.252 e. The van der Waals surface area contributed by atoms with Gasteiger partial charge in [-0.05, 0) is 158 Å². The van der Waals surface area contributed by atoms with Gasteiger partial charge in [-0.2, -0.15) is 0 Å². The molecule has 0 bridgehead atoms. The lowest BCUT2D eigenvalue weighted by molar-refractivity contribution is 1.16. The third-order valence-corrected chi connectivity index (χ3v) is 19.6. The van der Waals surface area contributed by atoms with Crippen LogP contribution in [-0.2, 0) is 0 Å². The fourth-order valence-corrected chi connectivity index (χ4v) is 16.4. The molecule has 0 amide bonds. The zero-order valence-corrected chi connectivity index (χ0v) is 47.2. The van der Waals surface area contributed by atoms with E-state index < -0.39 is 0 Å². The number of hydrogen-bond donors (Lipinski definition) is 0. The molecule has 0 radical (unpaired) electrons. The highest BCUT2D eigenvalue weighted by atomic mass is 15.2. The molecule has 6 aliphatic rings. The number of fused-ring (bicyclic) bond motifs is 17. The third-order valence-electron chi connectivity index (χ3n) is 19.6. The van der Waals surface area contributed by atoms with Crippen molar-refractivity contribution in [3.8, 4) is 5.69 Å². The summed E-state index contributed by atoms with van der Waals surface area (Å²) in [5.41, 5.74) is 33.1. The summed E-state index contributed by atoms with van der Waals surface area (Å²) in [6, 6.07) is 112. The molecular formula is C78H49B3N6. The van der Waals surface area contributed by atoms with Crippen LogP contribution < -0.4 is 73.7 Å². The number of nitrogens with zero attached hydrogens (tertiary/aromatic N) is 6. The maximum atomic E-state index is 2.71. The van der Waals surface area contributed by atoms with E-state index in [-0.39, 0.29) is 20.1 Å². The molecule has 9 heteroatoms. The second-order valence-electron chi connectivity index (χ2n) is 23.9. The minimum atomic E-state index is -0.120. The van der Waals surface area contributed by atoms with E-state index in [0.717, 1.165) is 39.8 Å². The van der Waals surface area contributed by atoms with E-state index in [4.69, 9.17) is 0 Å². The normalized spacial score (nSPS) is 13.6. The molecule has 7 heterocycles. The summed E-state index contributed by atoms with van der Waals surface area (Å²) in [4.78, 5) is 12.9. The Labute approximate surface area is 505 Å². The van der Waals surface area contributed by atoms with Gasteiger partial charge in [-0.15, -0.1) is 0 Å². The van der Waals surface area contributed by atoms with E-state index in [9.17, 15) is 0 Å². The van der Waals surface area contributed by atoms with E-state index in [2.05, 4.69) is 326 Å². The van der Waals surface area contributed by atoms with Gasteiger partial charge in [0, 0.05) is 95.9 Å². The van der Waals surface area contributed by atoms with Crippen LogP contribution in [0, 0.1) is 0 Å². The summed E-state index contributed by atoms with van der Waals surface area (Å²) in [5.74, 6) is 0. The molecule has 6 aliphatic heterocycles. The van der Waals surface area contributed by atoms with E-state index in [1.807, 2.05) is 0 Å². The maximum absolute atomic E-state index is 2.71. The Balaban J connectivity index is 0.948. The van der Waals surface area contributed by atoms with Crippen molar-refractivity contribution in [3.05, 3.63) is 297 Å². The van der Waals surface area contributed by atoms with Gasteiger partial charge in [0.25, 0.3) is 20.1 Å². The molecule has 0 spiro atoms. The predicted molar refractivity (Wildman–Crippen MR) is 368 cm³/mol. The summed E-state index contributed by atoms with van der Waals surface area (Å²) >= 11 is 0. The van der Waals surface area contributed by atoms with Gasteiger partial charge in [-0.25, -0.2) is 0 Å². The number of para-hydroxylation sites is 10. The van der Waals surface area contributed by atoms with Crippen LogP contribution in [-0.4, -0.2) is 24.7 Å². The van der Waals surface area contributed by atoms with E-state index in [0.29, 0.717) is 0 Å². The molecule has 87 heavy (non-hydrogen) atoms. The monoisotopic (exact) mass is 1100 g/mol. The smallest absolute Gasteiger partial charge is 0.252 e. The van der Waals surface area contributed by atoms with Crippen LogP contribution in [0.5, 0.6) is 0 Å². The standard InChI is InChI=1S/C78H49B3N6/c1-6-25-50(26-7-1)82(51-27-8-2-9-28-51)55-45-69-73-71(47-55)86-67-43-22-18-38-60(67)79-61-39-19-23-44-68(61)87-72-48-56(83(52-29-10-3-11-30-52)53-31-12-4-13-32-53)46-70-74(72)81(62-40-24-36-58-57-35-16-20-41-65(57)85(70)76(58)62)64-49-63(77(86)75(79)78(64)87)80(73)59-37-17-21-42-66(59)84(69)54-33-14-5-15-34-54/h1-49H. The molecule has 400 valence electrons. The fourth-order valence-electron chi connectivity index (χ4n) is 16.4. The van der Waals surface area contributed by atoms with E-state index in [1.54, 1.807) is 0 Å². The number of hydrogen-bond acceptors (Lipinski definition) is 5. The molecule has 6 nitrogen and oxygen atoms in total. The zero-order valence-electron chi connectivity index (χ0n) is 47.2. The number of rotatable bonds is 7. The highest BCUT2D eigenvalue weighted by Crippen LogP contribution is 2.52. The number of anilines is 15. The Morgan fingerprint density at radius 3 is 1.13 bits per heavy atom. The van der Waals surface area contributed by atoms with Crippen LogP contribution in [0.1, 0.15) is 0 Å². The van der Waals surface area contributed by atoms with Gasteiger partial charge in [-0.1, -0.05) is 188 Å². The Morgan fingerprint density at radius 1 is 0.241 bits per heavy atom. The molecule has 0 N–H and O–H groups in total. The van der Waals surface area contributed by atoms with Gasteiger partial charge >= 0.3 is 0 Å². The van der Waals surface area contributed by atoms with E-state index >= 15 is 0 Å². The molecule has 0 aliphatic carbocycles. The molecule has 0 saturated carbocycles. The second kappa shape index (κ2) is 17.7. The summed E-state index contributed by atoms with van der Waals surface area (Å²) in [5, 5.41) is 2.54. The van der Waals surface area contributed by atoms with Crippen molar-refractivity contribution in [2.75, 3.05) is 24.5 Å². The molecule has 13 aromatic carbocycles. The van der Waals surface area contributed by atoms with Crippen LogP contribution in [0.15, 0.2) is 297 Å². The van der Waals surface area contributed by atoms with Crippen molar-refractivity contribution in [3.63, 3.8) is 0 Å². The molecule has 0 atom stereocenters. The van der Waals surface area contributed by atoms with Crippen molar-refractivity contribution in [1.29, 1.82) is 0 Å². The van der Waals surface area contributed by atoms with Crippen LogP contribution in [0.25, 0.3) is 27.5 Å². The highest BCUT2D eigenvalue weighted by molar-refractivity contribution is 7.07. The lowest BCUT2D eigenvalue weighted by Crippen LogP contribution is -2.72. The topological polar surface area (TPSA) is 21.1 Å². The number of aromatic nitrogens is 1. The number of benzene rings is 13.